The number of anilines is 2. The lowest BCUT2D eigenvalue weighted by atomic mass is 10.1. The van der Waals surface area contributed by atoms with Gasteiger partial charge in [-0.05, 0) is 24.3 Å². The zero-order valence-corrected chi connectivity index (χ0v) is 16.4. The molecule has 0 heterocycles. The fraction of sp³-hybridized carbons (Fsp3) is 0.263. The minimum atomic E-state index is -1.03. The number of nitro benzene ring substituents is 1. The minimum Gasteiger partial charge on any atom is -0.493 e. The molecule has 0 fully saturated rings. The maximum atomic E-state index is 12.3. The average Bonchev–Trinajstić information content (AvgIpc) is 2.71. The summed E-state index contributed by atoms with van der Waals surface area (Å²) in [7, 11) is 6.42. The molecule has 2 rings (SSSR count). The molecule has 0 saturated heterocycles. The fourth-order valence-electron chi connectivity index (χ4n) is 2.43. The zero-order chi connectivity index (χ0) is 21.6. The van der Waals surface area contributed by atoms with Gasteiger partial charge in [0.05, 0.1) is 25.2 Å². The highest BCUT2D eigenvalue weighted by molar-refractivity contribution is 5.98. The van der Waals surface area contributed by atoms with Crippen LogP contribution in [0.5, 0.6) is 11.5 Å². The van der Waals surface area contributed by atoms with E-state index in [0.29, 0.717) is 5.69 Å². The summed E-state index contributed by atoms with van der Waals surface area (Å²) in [5.74, 6) is -1.40. The molecular weight excluding hydrogens is 382 g/mol. The van der Waals surface area contributed by atoms with Crippen LogP contribution >= 0.6 is 0 Å². The van der Waals surface area contributed by atoms with Crippen LogP contribution in [0, 0.1) is 10.1 Å². The van der Waals surface area contributed by atoms with E-state index in [0.717, 1.165) is 17.8 Å². The molecule has 1 N–H and O–H groups in total. The van der Waals surface area contributed by atoms with Gasteiger partial charge in [-0.3, -0.25) is 14.9 Å². The summed E-state index contributed by atoms with van der Waals surface area (Å²) >= 11 is 0. The van der Waals surface area contributed by atoms with Gasteiger partial charge in [-0.15, -0.1) is 0 Å². The number of nitrogens with zero attached hydrogens (tertiary/aromatic N) is 2. The van der Waals surface area contributed by atoms with Gasteiger partial charge in [-0.1, -0.05) is 0 Å². The van der Waals surface area contributed by atoms with Crippen molar-refractivity contribution in [2.24, 2.45) is 0 Å². The van der Waals surface area contributed by atoms with Crippen LogP contribution in [0.2, 0.25) is 0 Å². The van der Waals surface area contributed by atoms with Crippen molar-refractivity contribution in [2.75, 3.05) is 45.1 Å². The molecule has 0 radical (unpaired) electrons. The van der Waals surface area contributed by atoms with E-state index < -0.39 is 29.1 Å². The molecule has 0 aromatic heterocycles. The first-order valence-corrected chi connectivity index (χ1v) is 8.41. The van der Waals surface area contributed by atoms with E-state index in [2.05, 4.69) is 5.32 Å². The Morgan fingerprint density at radius 2 is 1.66 bits per heavy atom. The first-order valence-electron chi connectivity index (χ1n) is 8.41. The van der Waals surface area contributed by atoms with Gasteiger partial charge in [0.15, 0.2) is 18.1 Å². The minimum absolute atomic E-state index is 0.0923. The molecule has 0 atom stereocenters. The van der Waals surface area contributed by atoms with Gasteiger partial charge in [0, 0.05) is 31.5 Å². The van der Waals surface area contributed by atoms with Gasteiger partial charge in [0.1, 0.15) is 5.56 Å². The van der Waals surface area contributed by atoms with Gasteiger partial charge in [0.25, 0.3) is 11.6 Å². The van der Waals surface area contributed by atoms with Crippen molar-refractivity contribution >= 4 is 28.9 Å². The van der Waals surface area contributed by atoms with Gasteiger partial charge >= 0.3 is 5.97 Å². The third kappa shape index (κ3) is 5.34. The summed E-state index contributed by atoms with van der Waals surface area (Å²) < 4.78 is 15.0. The number of hydrogen-bond acceptors (Lipinski definition) is 8. The Morgan fingerprint density at radius 3 is 2.17 bits per heavy atom. The van der Waals surface area contributed by atoms with Gasteiger partial charge in [-0.25, -0.2) is 4.79 Å². The molecule has 0 aliphatic heterocycles. The number of carbonyl (C=O) groups is 2. The molecule has 29 heavy (non-hydrogen) atoms. The third-order valence-corrected chi connectivity index (χ3v) is 3.92. The summed E-state index contributed by atoms with van der Waals surface area (Å²) in [5.41, 5.74) is 0.604. The highest BCUT2D eigenvalue weighted by Crippen LogP contribution is 2.34. The highest BCUT2D eigenvalue weighted by atomic mass is 16.6. The lowest BCUT2D eigenvalue weighted by molar-refractivity contribution is -0.385. The van der Waals surface area contributed by atoms with Crippen LogP contribution in [-0.2, 0) is 9.53 Å². The van der Waals surface area contributed by atoms with Crippen LogP contribution in [0.4, 0.5) is 17.1 Å². The monoisotopic (exact) mass is 403 g/mol. The molecule has 0 unspecified atom stereocenters. The van der Waals surface area contributed by atoms with E-state index in [-0.39, 0.29) is 17.1 Å². The predicted molar refractivity (Wildman–Crippen MR) is 106 cm³/mol. The molecule has 154 valence electrons. The number of benzene rings is 2. The molecular formula is C19H21N3O7. The van der Waals surface area contributed by atoms with E-state index in [1.54, 1.807) is 12.1 Å². The number of carbonyl (C=O) groups excluding carboxylic acids is 2. The van der Waals surface area contributed by atoms with Crippen LogP contribution in [-0.4, -0.2) is 51.7 Å². The van der Waals surface area contributed by atoms with Crippen LogP contribution in [0.3, 0.4) is 0 Å². The Morgan fingerprint density at radius 1 is 1.07 bits per heavy atom. The van der Waals surface area contributed by atoms with Crippen molar-refractivity contribution in [3.63, 3.8) is 0 Å². The second-order valence-electron chi connectivity index (χ2n) is 6.05. The largest absolute Gasteiger partial charge is 0.493 e. The van der Waals surface area contributed by atoms with Crippen molar-refractivity contribution in [1.29, 1.82) is 0 Å². The van der Waals surface area contributed by atoms with Gasteiger partial charge in [-0.2, -0.15) is 0 Å². The standard InChI is InChI=1S/C19H21N3O7/c1-21(2)13-7-5-12(6-8-13)20-18(23)11-29-19(24)14-9-16(27-3)17(28-4)10-15(14)22(25)26/h5-10H,11H2,1-4H3,(H,20,23). The van der Waals surface area contributed by atoms with Crippen molar-refractivity contribution < 1.29 is 28.7 Å². The summed E-state index contributed by atoms with van der Waals surface area (Å²) in [4.78, 5) is 36.8. The molecule has 1 amide bonds. The summed E-state index contributed by atoms with van der Waals surface area (Å²) in [6.07, 6.45) is 0. The number of esters is 1. The topological polar surface area (TPSA) is 120 Å². The molecule has 2 aromatic carbocycles. The van der Waals surface area contributed by atoms with Crippen molar-refractivity contribution in [2.45, 2.75) is 0 Å². The van der Waals surface area contributed by atoms with E-state index >= 15 is 0 Å². The van der Waals surface area contributed by atoms with E-state index in [4.69, 9.17) is 14.2 Å². The molecule has 0 bridgehead atoms. The zero-order valence-electron chi connectivity index (χ0n) is 16.4. The van der Waals surface area contributed by atoms with E-state index in [9.17, 15) is 19.7 Å². The maximum Gasteiger partial charge on any atom is 0.345 e. The fourth-order valence-corrected chi connectivity index (χ4v) is 2.43. The summed E-state index contributed by atoms with van der Waals surface area (Å²) in [6.45, 7) is -0.611. The van der Waals surface area contributed by atoms with Crippen LogP contribution in [0.1, 0.15) is 10.4 Å². The van der Waals surface area contributed by atoms with Crippen LogP contribution < -0.4 is 19.7 Å². The van der Waals surface area contributed by atoms with E-state index in [1.807, 2.05) is 31.1 Å². The number of methoxy groups -OCH3 is 2. The summed E-state index contributed by atoms with van der Waals surface area (Å²) in [6, 6.07) is 9.23. The normalized spacial score (nSPS) is 10.1. The maximum absolute atomic E-state index is 12.3. The van der Waals surface area contributed by atoms with Crippen molar-refractivity contribution in [1.82, 2.24) is 0 Å². The third-order valence-electron chi connectivity index (χ3n) is 3.92. The molecule has 0 aliphatic rings. The van der Waals surface area contributed by atoms with Crippen molar-refractivity contribution in [3.05, 3.63) is 52.1 Å². The quantitative estimate of drug-likeness (QED) is 0.405. The molecule has 0 saturated carbocycles. The van der Waals surface area contributed by atoms with Gasteiger partial charge in [0.2, 0.25) is 0 Å². The number of nitrogens with one attached hydrogen (secondary N) is 1. The second-order valence-corrected chi connectivity index (χ2v) is 6.05. The molecule has 2 aromatic rings. The first kappa shape index (κ1) is 21.5. The Bertz CT molecular complexity index is 911. The average molecular weight is 403 g/mol. The number of hydrogen-bond donors (Lipinski definition) is 1. The number of ether oxygens (including phenoxy) is 3. The molecule has 10 heteroatoms. The molecule has 10 nitrogen and oxygen atoms in total. The SMILES string of the molecule is COc1cc(C(=O)OCC(=O)Nc2ccc(N(C)C)cc2)c([N+](=O)[O-])cc1OC. The molecule has 0 spiro atoms. The van der Waals surface area contributed by atoms with Crippen LogP contribution in [0.25, 0.3) is 0 Å². The lowest BCUT2D eigenvalue weighted by Crippen LogP contribution is -2.21. The van der Waals surface area contributed by atoms with E-state index in [1.165, 1.54) is 14.2 Å². The Balaban J connectivity index is 2.08. The first-order chi connectivity index (χ1) is 13.8. The van der Waals surface area contributed by atoms with Crippen LogP contribution in [0.15, 0.2) is 36.4 Å². The second kappa shape index (κ2) is 9.40. The van der Waals surface area contributed by atoms with Gasteiger partial charge < -0.3 is 24.4 Å². The molecule has 0 aliphatic carbocycles. The number of rotatable bonds is 8. The predicted octanol–water partition coefficient (Wildman–Crippen LogP) is 2.47. The lowest BCUT2D eigenvalue weighted by Gasteiger charge is -2.13. The Kier molecular flexibility index (Phi) is 6.96. The van der Waals surface area contributed by atoms with Crippen molar-refractivity contribution in [3.8, 4) is 11.5 Å². The summed E-state index contributed by atoms with van der Waals surface area (Å²) in [5, 5.41) is 13.8. The highest BCUT2D eigenvalue weighted by Gasteiger charge is 2.26. The smallest absolute Gasteiger partial charge is 0.345 e. The Hall–Kier alpha value is -3.82. The Labute approximate surface area is 167 Å². The number of amides is 1. The number of nitro groups is 1.